The van der Waals surface area contributed by atoms with Crippen molar-refractivity contribution in [1.29, 1.82) is 0 Å². The van der Waals surface area contributed by atoms with Crippen LogP contribution >= 0.6 is 11.6 Å². The fourth-order valence-corrected chi connectivity index (χ4v) is 3.18. The van der Waals surface area contributed by atoms with Crippen molar-refractivity contribution in [3.8, 4) is 0 Å². The second-order valence-electron chi connectivity index (χ2n) is 5.81. The van der Waals surface area contributed by atoms with Gasteiger partial charge in [-0.3, -0.25) is 4.79 Å². The number of benzene rings is 1. The summed E-state index contributed by atoms with van der Waals surface area (Å²) in [5.74, 6) is 0.599. The van der Waals surface area contributed by atoms with E-state index in [0.717, 1.165) is 18.5 Å². The number of aldehydes is 1. The van der Waals surface area contributed by atoms with Gasteiger partial charge in [-0.1, -0.05) is 38.3 Å². The Morgan fingerprint density at radius 1 is 1.37 bits per heavy atom. The molecule has 0 aliphatic heterocycles. The third-order valence-corrected chi connectivity index (χ3v) is 4.05. The van der Waals surface area contributed by atoms with E-state index in [1.165, 1.54) is 25.7 Å². The Labute approximate surface area is 120 Å². The summed E-state index contributed by atoms with van der Waals surface area (Å²) >= 11 is 6.36. The van der Waals surface area contributed by atoms with Crippen LogP contribution in [0.25, 0.3) is 0 Å². The number of rotatable bonds is 5. The summed E-state index contributed by atoms with van der Waals surface area (Å²) in [7, 11) is 0. The molecule has 0 aromatic heterocycles. The van der Waals surface area contributed by atoms with Crippen LogP contribution in [0.15, 0.2) is 18.2 Å². The molecule has 0 radical (unpaired) electrons. The van der Waals surface area contributed by atoms with E-state index in [4.69, 9.17) is 11.6 Å². The Morgan fingerprint density at radius 2 is 2.05 bits per heavy atom. The Morgan fingerprint density at radius 3 is 2.58 bits per heavy atom. The van der Waals surface area contributed by atoms with Crippen LogP contribution in [-0.2, 0) is 0 Å². The van der Waals surface area contributed by atoms with E-state index in [-0.39, 0.29) is 0 Å². The van der Waals surface area contributed by atoms with Gasteiger partial charge in [-0.25, -0.2) is 0 Å². The van der Waals surface area contributed by atoms with Gasteiger partial charge in [-0.15, -0.1) is 0 Å². The largest absolute Gasteiger partial charge is 0.367 e. The van der Waals surface area contributed by atoms with Gasteiger partial charge in [0.05, 0.1) is 10.7 Å². The van der Waals surface area contributed by atoms with E-state index in [2.05, 4.69) is 18.7 Å². The number of halogens is 1. The Bertz CT molecular complexity index is 438. The molecular weight excluding hydrogens is 258 g/mol. The number of carbonyl (C=O) groups is 1. The third kappa shape index (κ3) is 3.50. The first kappa shape index (κ1) is 14.4. The van der Waals surface area contributed by atoms with Gasteiger partial charge in [-0.2, -0.15) is 0 Å². The molecule has 0 bridgehead atoms. The van der Waals surface area contributed by atoms with Crippen LogP contribution in [-0.4, -0.2) is 18.9 Å². The maximum Gasteiger partial charge on any atom is 0.150 e. The minimum absolute atomic E-state index is 0.599. The first-order valence-electron chi connectivity index (χ1n) is 7.13. The van der Waals surface area contributed by atoms with Crippen LogP contribution in [0.2, 0.25) is 5.02 Å². The molecule has 1 saturated carbocycles. The lowest BCUT2D eigenvalue weighted by molar-refractivity contribution is 0.112. The molecule has 0 atom stereocenters. The fourth-order valence-electron chi connectivity index (χ4n) is 2.88. The molecule has 19 heavy (non-hydrogen) atoms. The van der Waals surface area contributed by atoms with Crippen molar-refractivity contribution in [3.05, 3.63) is 28.8 Å². The smallest absolute Gasteiger partial charge is 0.150 e. The lowest BCUT2D eigenvalue weighted by Crippen LogP contribution is -2.36. The summed E-state index contributed by atoms with van der Waals surface area (Å²) in [6.45, 7) is 5.48. The molecule has 0 heterocycles. The third-order valence-electron chi connectivity index (χ3n) is 3.74. The van der Waals surface area contributed by atoms with Gasteiger partial charge < -0.3 is 4.90 Å². The molecule has 0 amide bonds. The van der Waals surface area contributed by atoms with E-state index in [1.54, 1.807) is 6.07 Å². The number of hydrogen-bond acceptors (Lipinski definition) is 2. The lowest BCUT2D eigenvalue weighted by Gasteiger charge is -2.33. The Hall–Kier alpha value is -1.02. The van der Waals surface area contributed by atoms with Crippen LogP contribution in [0.3, 0.4) is 0 Å². The molecular formula is C16H22ClNO. The minimum atomic E-state index is 0.599. The van der Waals surface area contributed by atoms with Crippen molar-refractivity contribution in [2.75, 3.05) is 11.4 Å². The number of carbonyl (C=O) groups excluding carboxylic acids is 1. The highest BCUT2D eigenvalue weighted by atomic mass is 35.5. The van der Waals surface area contributed by atoms with Crippen molar-refractivity contribution in [2.45, 2.75) is 45.6 Å². The normalized spacial score (nSPS) is 16.0. The highest BCUT2D eigenvalue weighted by Gasteiger charge is 2.24. The molecule has 3 heteroatoms. The van der Waals surface area contributed by atoms with Crippen molar-refractivity contribution < 1.29 is 4.79 Å². The van der Waals surface area contributed by atoms with Crippen LogP contribution in [0.1, 0.15) is 49.9 Å². The van der Waals surface area contributed by atoms with Gasteiger partial charge in [-0.05, 0) is 37.0 Å². The zero-order valence-corrected chi connectivity index (χ0v) is 12.5. The molecule has 1 aromatic carbocycles. The summed E-state index contributed by atoms with van der Waals surface area (Å²) in [5, 5.41) is 0.692. The predicted octanol–water partition coefficient (Wildman–Crippen LogP) is 4.56. The molecule has 0 spiro atoms. The summed E-state index contributed by atoms with van der Waals surface area (Å²) < 4.78 is 0. The molecule has 2 nitrogen and oxygen atoms in total. The molecule has 1 fully saturated rings. The minimum Gasteiger partial charge on any atom is -0.367 e. The molecule has 1 aromatic rings. The van der Waals surface area contributed by atoms with Crippen molar-refractivity contribution >= 4 is 23.6 Å². The van der Waals surface area contributed by atoms with Crippen molar-refractivity contribution in [2.24, 2.45) is 5.92 Å². The van der Waals surface area contributed by atoms with Crippen LogP contribution in [0.4, 0.5) is 5.69 Å². The second-order valence-corrected chi connectivity index (χ2v) is 6.22. The topological polar surface area (TPSA) is 20.3 Å². The molecule has 104 valence electrons. The van der Waals surface area contributed by atoms with Crippen LogP contribution in [0, 0.1) is 5.92 Å². The standard InChI is InChI=1S/C16H22ClNO/c1-12(2)10-18(14-5-3-4-6-14)16-8-7-13(11-19)9-15(16)17/h7-9,11-12,14H,3-6,10H2,1-2H3. The molecule has 1 aliphatic rings. The summed E-state index contributed by atoms with van der Waals surface area (Å²) in [6, 6.07) is 6.22. The van der Waals surface area contributed by atoms with E-state index in [0.29, 0.717) is 22.5 Å². The van der Waals surface area contributed by atoms with Gasteiger partial charge in [0.25, 0.3) is 0 Å². The van der Waals surface area contributed by atoms with Crippen LogP contribution < -0.4 is 4.90 Å². The van der Waals surface area contributed by atoms with E-state index in [1.807, 2.05) is 12.1 Å². The first-order chi connectivity index (χ1) is 9.11. The Kier molecular flexibility index (Phi) is 4.87. The SMILES string of the molecule is CC(C)CN(c1ccc(C=O)cc1Cl)C1CCCC1. The predicted molar refractivity (Wildman–Crippen MR) is 81.3 cm³/mol. The molecule has 0 saturated heterocycles. The van der Waals surface area contributed by atoms with Gasteiger partial charge in [0.1, 0.15) is 6.29 Å². The average molecular weight is 280 g/mol. The number of anilines is 1. The average Bonchev–Trinajstić information content (AvgIpc) is 2.89. The second kappa shape index (κ2) is 6.42. The summed E-state index contributed by atoms with van der Waals surface area (Å²) in [4.78, 5) is 13.2. The maximum atomic E-state index is 10.8. The highest BCUT2D eigenvalue weighted by molar-refractivity contribution is 6.33. The Balaban J connectivity index is 2.28. The first-order valence-corrected chi connectivity index (χ1v) is 7.51. The van der Waals surface area contributed by atoms with Crippen LogP contribution in [0.5, 0.6) is 0 Å². The van der Waals surface area contributed by atoms with Gasteiger partial charge in [0, 0.05) is 18.2 Å². The monoisotopic (exact) mass is 279 g/mol. The zero-order chi connectivity index (χ0) is 13.8. The van der Waals surface area contributed by atoms with E-state index in [9.17, 15) is 4.79 Å². The lowest BCUT2D eigenvalue weighted by atomic mass is 10.1. The summed E-state index contributed by atoms with van der Waals surface area (Å²) in [6.07, 6.45) is 5.96. The molecule has 0 unspecified atom stereocenters. The molecule has 2 rings (SSSR count). The van der Waals surface area contributed by atoms with Crippen molar-refractivity contribution in [3.63, 3.8) is 0 Å². The fraction of sp³-hybridized carbons (Fsp3) is 0.562. The quantitative estimate of drug-likeness (QED) is 0.737. The van der Waals surface area contributed by atoms with Crippen molar-refractivity contribution in [1.82, 2.24) is 0 Å². The molecule has 0 N–H and O–H groups in total. The van der Waals surface area contributed by atoms with Gasteiger partial charge in [0.2, 0.25) is 0 Å². The summed E-state index contributed by atoms with van der Waals surface area (Å²) in [5.41, 5.74) is 1.72. The highest BCUT2D eigenvalue weighted by Crippen LogP contribution is 2.33. The zero-order valence-electron chi connectivity index (χ0n) is 11.7. The number of nitrogens with zero attached hydrogens (tertiary/aromatic N) is 1. The molecule has 1 aliphatic carbocycles. The van der Waals surface area contributed by atoms with E-state index >= 15 is 0 Å². The number of hydrogen-bond donors (Lipinski definition) is 0. The van der Waals surface area contributed by atoms with Gasteiger partial charge >= 0.3 is 0 Å². The van der Waals surface area contributed by atoms with Gasteiger partial charge in [0.15, 0.2) is 0 Å². The van der Waals surface area contributed by atoms with E-state index < -0.39 is 0 Å². The maximum absolute atomic E-state index is 10.8.